The summed E-state index contributed by atoms with van der Waals surface area (Å²) in [5.41, 5.74) is 1.04. The summed E-state index contributed by atoms with van der Waals surface area (Å²) in [6.45, 7) is 6.15. The van der Waals surface area contributed by atoms with Gasteiger partial charge in [-0.05, 0) is 60.9 Å². The molecule has 0 radical (unpaired) electrons. The fourth-order valence-corrected chi connectivity index (χ4v) is 4.11. The maximum absolute atomic E-state index is 12.2. The van der Waals surface area contributed by atoms with Crippen molar-refractivity contribution in [2.24, 2.45) is 0 Å². The molecule has 5 rings (SSSR count). The number of hydrogen-bond acceptors (Lipinski definition) is 7. The van der Waals surface area contributed by atoms with Crippen LogP contribution >= 0.6 is 0 Å². The standard InChI is InChI=1S/C27H27N5O3/c1-4-22-16-34-27(33)32(22)26-30-18(3)29-25(31-26)28-17(2)19-9-12-23(13-10-19)35-24-14-11-20-7-5-6-8-21(20)15-24/h5-15,17,22H,4,16H2,1-3H3,(H,28,29,30,31)/t17-,22?/m0/s1. The first-order chi connectivity index (χ1) is 17.0. The van der Waals surface area contributed by atoms with E-state index in [1.54, 1.807) is 6.92 Å². The van der Waals surface area contributed by atoms with Gasteiger partial charge in [-0.1, -0.05) is 49.4 Å². The highest BCUT2D eigenvalue weighted by atomic mass is 16.6. The summed E-state index contributed by atoms with van der Waals surface area (Å²) in [7, 11) is 0. The van der Waals surface area contributed by atoms with Crippen LogP contribution in [0, 0.1) is 6.92 Å². The van der Waals surface area contributed by atoms with Crippen molar-refractivity contribution in [3.63, 3.8) is 0 Å². The van der Waals surface area contributed by atoms with Crippen LogP contribution in [-0.2, 0) is 4.74 Å². The Labute approximate surface area is 203 Å². The normalized spacial score (nSPS) is 16.3. The third kappa shape index (κ3) is 4.87. The van der Waals surface area contributed by atoms with Gasteiger partial charge in [0.1, 0.15) is 23.9 Å². The number of amides is 1. The number of anilines is 2. The van der Waals surface area contributed by atoms with Crippen molar-refractivity contribution in [2.45, 2.75) is 39.3 Å². The van der Waals surface area contributed by atoms with Gasteiger partial charge in [0.25, 0.3) is 0 Å². The molecule has 3 aromatic carbocycles. The molecule has 1 amide bonds. The first-order valence-electron chi connectivity index (χ1n) is 11.7. The molecule has 1 aromatic heterocycles. The molecular weight excluding hydrogens is 442 g/mol. The van der Waals surface area contributed by atoms with Crippen molar-refractivity contribution in [3.8, 4) is 11.5 Å². The van der Waals surface area contributed by atoms with Gasteiger partial charge in [-0.2, -0.15) is 15.0 Å². The number of nitrogens with zero attached hydrogens (tertiary/aromatic N) is 4. The molecule has 1 N–H and O–H groups in total. The van der Waals surface area contributed by atoms with Gasteiger partial charge in [0.2, 0.25) is 11.9 Å². The van der Waals surface area contributed by atoms with Crippen LogP contribution in [0.5, 0.6) is 11.5 Å². The molecule has 1 saturated heterocycles. The maximum Gasteiger partial charge on any atom is 0.417 e. The number of carbonyl (C=O) groups is 1. The van der Waals surface area contributed by atoms with Gasteiger partial charge in [0.15, 0.2) is 0 Å². The van der Waals surface area contributed by atoms with Gasteiger partial charge in [0.05, 0.1) is 12.1 Å². The Morgan fingerprint density at radius 1 is 1.03 bits per heavy atom. The van der Waals surface area contributed by atoms with E-state index in [4.69, 9.17) is 9.47 Å². The van der Waals surface area contributed by atoms with Crippen molar-refractivity contribution < 1.29 is 14.3 Å². The molecule has 0 saturated carbocycles. The topological polar surface area (TPSA) is 89.5 Å². The van der Waals surface area contributed by atoms with Crippen molar-refractivity contribution in [3.05, 3.63) is 78.1 Å². The number of cyclic esters (lactones) is 1. The summed E-state index contributed by atoms with van der Waals surface area (Å²) in [6, 6.07) is 22.0. The lowest BCUT2D eigenvalue weighted by atomic mass is 10.1. The largest absolute Gasteiger partial charge is 0.457 e. The lowest BCUT2D eigenvalue weighted by molar-refractivity contribution is 0.178. The van der Waals surface area contributed by atoms with Crippen LogP contribution in [0.25, 0.3) is 10.8 Å². The van der Waals surface area contributed by atoms with E-state index < -0.39 is 6.09 Å². The first kappa shape index (κ1) is 22.6. The molecule has 1 aliphatic heterocycles. The van der Waals surface area contributed by atoms with Crippen molar-refractivity contribution in [1.29, 1.82) is 0 Å². The number of ether oxygens (including phenoxy) is 2. The Hall–Kier alpha value is -4.20. The molecule has 1 fully saturated rings. The average Bonchev–Trinajstić information content (AvgIpc) is 3.24. The van der Waals surface area contributed by atoms with Crippen LogP contribution in [0.4, 0.5) is 16.7 Å². The molecule has 35 heavy (non-hydrogen) atoms. The minimum atomic E-state index is -0.427. The van der Waals surface area contributed by atoms with Crippen LogP contribution in [0.2, 0.25) is 0 Å². The van der Waals surface area contributed by atoms with Gasteiger partial charge >= 0.3 is 6.09 Å². The molecule has 1 aliphatic rings. The fourth-order valence-electron chi connectivity index (χ4n) is 4.11. The van der Waals surface area contributed by atoms with Crippen LogP contribution in [0.3, 0.4) is 0 Å². The molecule has 0 spiro atoms. The number of aryl methyl sites for hydroxylation is 1. The smallest absolute Gasteiger partial charge is 0.417 e. The van der Waals surface area contributed by atoms with Gasteiger partial charge in [0, 0.05) is 0 Å². The predicted octanol–water partition coefficient (Wildman–Crippen LogP) is 6.03. The second kappa shape index (κ2) is 9.58. The minimum Gasteiger partial charge on any atom is -0.457 e. The molecule has 0 aliphatic carbocycles. The van der Waals surface area contributed by atoms with E-state index in [2.05, 4.69) is 38.5 Å². The Morgan fingerprint density at radius 2 is 1.77 bits per heavy atom. The van der Waals surface area contributed by atoms with Crippen molar-refractivity contribution in [2.75, 3.05) is 16.8 Å². The average molecular weight is 470 g/mol. The third-order valence-electron chi connectivity index (χ3n) is 6.07. The Morgan fingerprint density at radius 3 is 2.54 bits per heavy atom. The lowest BCUT2D eigenvalue weighted by Gasteiger charge is -2.20. The summed E-state index contributed by atoms with van der Waals surface area (Å²) >= 11 is 0. The Balaban J connectivity index is 1.29. The molecule has 2 heterocycles. The van der Waals surface area contributed by atoms with E-state index in [1.807, 2.05) is 62.4 Å². The van der Waals surface area contributed by atoms with Crippen LogP contribution < -0.4 is 15.0 Å². The highest BCUT2D eigenvalue weighted by molar-refractivity contribution is 5.88. The van der Waals surface area contributed by atoms with Crippen molar-refractivity contribution in [1.82, 2.24) is 15.0 Å². The Kier molecular flexibility index (Phi) is 6.18. The monoisotopic (exact) mass is 469 g/mol. The molecule has 0 bridgehead atoms. The zero-order valence-corrected chi connectivity index (χ0v) is 19.9. The van der Waals surface area contributed by atoms with Gasteiger partial charge in [-0.25, -0.2) is 9.69 Å². The molecule has 1 unspecified atom stereocenters. The number of rotatable bonds is 7. The summed E-state index contributed by atoms with van der Waals surface area (Å²) in [4.78, 5) is 27.0. The molecule has 8 heteroatoms. The van der Waals surface area contributed by atoms with Crippen LogP contribution in [0.1, 0.15) is 37.7 Å². The number of carbonyl (C=O) groups excluding carboxylic acids is 1. The third-order valence-corrected chi connectivity index (χ3v) is 6.07. The second-order valence-corrected chi connectivity index (χ2v) is 8.56. The van der Waals surface area contributed by atoms with Gasteiger partial charge in [-0.15, -0.1) is 0 Å². The number of benzene rings is 3. The van der Waals surface area contributed by atoms with E-state index in [-0.39, 0.29) is 12.1 Å². The van der Waals surface area contributed by atoms with Gasteiger partial charge in [-0.3, -0.25) is 0 Å². The minimum absolute atomic E-state index is 0.0770. The zero-order valence-electron chi connectivity index (χ0n) is 19.9. The SMILES string of the molecule is CCC1COC(=O)N1c1nc(C)nc(N[C@@H](C)c2ccc(Oc3ccc4ccccc4c3)cc2)n1. The number of aromatic nitrogens is 3. The predicted molar refractivity (Wildman–Crippen MR) is 135 cm³/mol. The van der Waals surface area contributed by atoms with E-state index >= 15 is 0 Å². The van der Waals surface area contributed by atoms with E-state index in [0.717, 1.165) is 28.9 Å². The van der Waals surface area contributed by atoms with Crippen molar-refractivity contribution >= 4 is 28.8 Å². The quantitative estimate of drug-likeness (QED) is 0.353. The van der Waals surface area contributed by atoms with E-state index in [1.165, 1.54) is 10.3 Å². The van der Waals surface area contributed by atoms with Gasteiger partial charge < -0.3 is 14.8 Å². The highest BCUT2D eigenvalue weighted by Gasteiger charge is 2.35. The number of hydrogen-bond donors (Lipinski definition) is 1. The number of fused-ring (bicyclic) bond motifs is 1. The zero-order chi connectivity index (χ0) is 24.4. The number of nitrogens with one attached hydrogen (secondary N) is 1. The maximum atomic E-state index is 12.2. The molecule has 178 valence electrons. The van der Waals surface area contributed by atoms with E-state index in [9.17, 15) is 4.79 Å². The van der Waals surface area contributed by atoms with Crippen LogP contribution in [0.15, 0.2) is 66.7 Å². The molecule has 2 atom stereocenters. The fraction of sp³-hybridized carbons (Fsp3) is 0.259. The molecule has 4 aromatic rings. The lowest BCUT2D eigenvalue weighted by Crippen LogP contribution is -2.34. The Bertz CT molecular complexity index is 1360. The summed E-state index contributed by atoms with van der Waals surface area (Å²) in [6.07, 6.45) is 0.326. The summed E-state index contributed by atoms with van der Waals surface area (Å²) in [5.74, 6) is 2.79. The molecule has 8 nitrogen and oxygen atoms in total. The summed E-state index contributed by atoms with van der Waals surface area (Å²) < 4.78 is 11.2. The first-order valence-corrected chi connectivity index (χ1v) is 11.7. The van der Waals surface area contributed by atoms with E-state index in [0.29, 0.717) is 24.3 Å². The molecular formula is C27H27N5O3. The highest BCUT2D eigenvalue weighted by Crippen LogP contribution is 2.28. The second-order valence-electron chi connectivity index (χ2n) is 8.56. The van der Waals surface area contributed by atoms with Crippen LogP contribution in [-0.4, -0.2) is 33.7 Å². The summed E-state index contributed by atoms with van der Waals surface area (Å²) in [5, 5.41) is 5.64.